The van der Waals surface area contributed by atoms with E-state index in [1.54, 1.807) is 45.0 Å². The number of ether oxygens (including phenoxy) is 1. The molecule has 1 rings (SSSR count). The highest BCUT2D eigenvalue weighted by molar-refractivity contribution is 7.60. The Balaban J connectivity index is 3.33. The summed E-state index contributed by atoms with van der Waals surface area (Å²) in [5.74, 6) is -0.729. The number of benzene rings is 1. The van der Waals surface area contributed by atoms with E-state index in [1.807, 2.05) is 0 Å². The molecule has 0 saturated heterocycles. The Morgan fingerprint density at radius 3 is 2.32 bits per heavy atom. The van der Waals surface area contributed by atoms with E-state index in [0.29, 0.717) is 10.6 Å². The smallest absolute Gasteiger partial charge is 0.368 e. The molecule has 0 aliphatic rings. The van der Waals surface area contributed by atoms with Gasteiger partial charge in [-0.25, -0.2) is 4.79 Å². The average Bonchev–Trinajstić information content (AvgIpc) is 2.45. The summed E-state index contributed by atoms with van der Waals surface area (Å²) >= 11 is 5.93. The van der Waals surface area contributed by atoms with Crippen LogP contribution in [0.1, 0.15) is 26.3 Å². The minimum atomic E-state index is -3.75. The van der Waals surface area contributed by atoms with Crippen molar-refractivity contribution in [3.8, 4) is 0 Å². The summed E-state index contributed by atoms with van der Waals surface area (Å²) in [6, 6.07) is 6.80. The molecular weight excluding hydrogens is 327 g/mol. The first-order chi connectivity index (χ1) is 10.5. The summed E-state index contributed by atoms with van der Waals surface area (Å²) in [6.07, 6.45) is 1.43. The molecule has 0 aromatic heterocycles. The van der Waals surface area contributed by atoms with Gasteiger partial charge in [-0.15, -0.1) is 0 Å². The van der Waals surface area contributed by atoms with E-state index in [9.17, 15) is 9.36 Å². The van der Waals surface area contributed by atoms with Crippen LogP contribution in [0.2, 0.25) is 5.02 Å². The lowest BCUT2D eigenvalue weighted by atomic mass is 10.2. The predicted molar refractivity (Wildman–Crippen MR) is 86.9 cm³/mol. The SMILES string of the molecule is CCOC(=O)/C(=C\c1cccc(Cl)c1)P(=O)(OCC)OCC. The first-order valence-electron chi connectivity index (χ1n) is 7.00. The molecule has 0 heterocycles. The molecule has 0 unspecified atom stereocenters. The van der Waals surface area contributed by atoms with Gasteiger partial charge < -0.3 is 13.8 Å². The van der Waals surface area contributed by atoms with Crippen LogP contribution in [0.25, 0.3) is 6.08 Å². The first-order valence-corrected chi connectivity index (χ1v) is 8.93. The standard InChI is InChI=1S/C15H20ClO5P/c1-4-19-15(17)14(22(18,20-5-2)21-6-3)11-12-8-7-9-13(16)10-12/h7-11H,4-6H2,1-3H3/b14-11+. The first kappa shape index (κ1) is 18.9. The van der Waals surface area contributed by atoms with Crippen molar-refractivity contribution in [3.63, 3.8) is 0 Å². The number of rotatable bonds is 8. The zero-order valence-electron chi connectivity index (χ0n) is 12.9. The zero-order chi connectivity index (χ0) is 16.6. The molecule has 0 amide bonds. The van der Waals surface area contributed by atoms with Gasteiger partial charge in [-0.2, -0.15) is 0 Å². The Morgan fingerprint density at radius 2 is 1.82 bits per heavy atom. The van der Waals surface area contributed by atoms with Crippen LogP contribution in [0.15, 0.2) is 29.6 Å². The van der Waals surface area contributed by atoms with Crippen molar-refractivity contribution in [2.75, 3.05) is 19.8 Å². The van der Waals surface area contributed by atoms with Gasteiger partial charge in [0.25, 0.3) is 0 Å². The third-order valence-corrected chi connectivity index (χ3v) is 4.86. The number of hydrogen-bond acceptors (Lipinski definition) is 5. The molecular formula is C15H20ClO5P. The third kappa shape index (κ3) is 5.25. The van der Waals surface area contributed by atoms with E-state index in [-0.39, 0.29) is 25.1 Å². The van der Waals surface area contributed by atoms with Crippen molar-refractivity contribution >= 4 is 31.2 Å². The average molecular weight is 347 g/mol. The maximum Gasteiger partial charge on any atom is 0.368 e. The fourth-order valence-corrected chi connectivity index (χ4v) is 3.55. The number of hydrogen-bond donors (Lipinski definition) is 0. The predicted octanol–water partition coefficient (Wildman–Crippen LogP) is 4.51. The molecule has 0 atom stereocenters. The summed E-state index contributed by atoms with van der Waals surface area (Å²) in [6.45, 7) is 5.46. The van der Waals surface area contributed by atoms with E-state index in [4.69, 9.17) is 25.4 Å². The quantitative estimate of drug-likeness (QED) is 0.393. The Bertz CT molecular complexity index is 575. The minimum absolute atomic E-state index is 0.139. The Kier molecular flexibility index (Phi) is 7.83. The Labute approximate surface area is 135 Å². The van der Waals surface area contributed by atoms with E-state index < -0.39 is 13.6 Å². The third-order valence-electron chi connectivity index (χ3n) is 2.53. The van der Waals surface area contributed by atoms with Crippen LogP contribution >= 0.6 is 19.2 Å². The Morgan fingerprint density at radius 1 is 1.18 bits per heavy atom. The van der Waals surface area contributed by atoms with Crippen LogP contribution in [-0.2, 0) is 23.1 Å². The molecule has 0 spiro atoms. The van der Waals surface area contributed by atoms with Gasteiger partial charge in [0.15, 0.2) is 0 Å². The molecule has 0 bridgehead atoms. The molecule has 122 valence electrons. The minimum Gasteiger partial charge on any atom is -0.462 e. The van der Waals surface area contributed by atoms with Crippen molar-refractivity contribution < 1.29 is 23.1 Å². The molecule has 7 heteroatoms. The van der Waals surface area contributed by atoms with Gasteiger partial charge in [0.1, 0.15) is 5.31 Å². The summed E-state index contributed by atoms with van der Waals surface area (Å²) in [5, 5.41) is 0.361. The largest absolute Gasteiger partial charge is 0.462 e. The monoisotopic (exact) mass is 346 g/mol. The van der Waals surface area contributed by atoms with Crippen molar-refractivity contribution in [1.29, 1.82) is 0 Å². The van der Waals surface area contributed by atoms with Gasteiger partial charge >= 0.3 is 13.6 Å². The molecule has 0 fully saturated rings. The zero-order valence-corrected chi connectivity index (χ0v) is 14.5. The van der Waals surface area contributed by atoms with Gasteiger partial charge in [0.05, 0.1) is 19.8 Å². The van der Waals surface area contributed by atoms with E-state index >= 15 is 0 Å². The van der Waals surface area contributed by atoms with Crippen LogP contribution in [0, 0.1) is 0 Å². The number of carbonyl (C=O) groups is 1. The van der Waals surface area contributed by atoms with Gasteiger partial charge in [0.2, 0.25) is 0 Å². The second kappa shape index (κ2) is 9.11. The lowest BCUT2D eigenvalue weighted by molar-refractivity contribution is -0.137. The van der Waals surface area contributed by atoms with Crippen molar-refractivity contribution in [1.82, 2.24) is 0 Å². The van der Waals surface area contributed by atoms with E-state index in [1.165, 1.54) is 6.08 Å². The summed E-state index contributed by atoms with van der Waals surface area (Å²) in [7, 11) is -3.75. The van der Waals surface area contributed by atoms with Crippen LogP contribution in [-0.4, -0.2) is 25.8 Å². The topological polar surface area (TPSA) is 61.8 Å². The highest BCUT2D eigenvalue weighted by Gasteiger charge is 2.36. The second-order valence-electron chi connectivity index (χ2n) is 4.14. The molecule has 0 N–H and O–H groups in total. The van der Waals surface area contributed by atoms with Crippen LogP contribution in [0.3, 0.4) is 0 Å². The maximum atomic E-state index is 12.9. The fraction of sp³-hybridized carbons (Fsp3) is 0.400. The summed E-state index contributed by atoms with van der Waals surface area (Å²) < 4.78 is 28.3. The van der Waals surface area contributed by atoms with Gasteiger partial charge in [-0.05, 0) is 44.5 Å². The molecule has 5 nitrogen and oxygen atoms in total. The second-order valence-corrected chi connectivity index (χ2v) is 6.57. The maximum absolute atomic E-state index is 12.9. The normalized spacial score (nSPS) is 12.3. The van der Waals surface area contributed by atoms with Crippen molar-refractivity contribution in [3.05, 3.63) is 40.2 Å². The van der Waals surface area contributed by atoms with Crippen LogP contribution < -0.4 is 0 Å². The lowest BCUT2D eigenvalue weighted by Gasteiger charge is -2.19. The van der Waals surface area contributed by atoms with Gasteiger partial charge in [-0.1, -0.05) is 23.7 Å². The van der Waals surface area contributed by atoms with Crippen molar-refractivity contribution in [2.24, 2.45) is 0 Å². The molecule has 22 heavy (non-hydrogen) atoms. The Hall–Kier alpha value is -1.13. The van der Waals surface area contributed by atoms with Crippen LogP contribution in [0.4, 0.5) is 0 Å². The molecule has 0 radical (unpaired) electrons. The molecule has 0 aliphatic carbocycles. The van der Waals surface area contributed by atoms with Crippen LogP contribution in [0.5, 0.6) is 0 Å². The van der Waals surface area contributed by atoms with Crippen molar-refractivity contribution in [2.45, 2.75) is 20.8 Å². The molecule has 1 aromatic rings. The summed E-state index contributed by atoms with van der Waals surface area (Å²) in [5.41, 5.74) is 0.607. The van der Waals surface area contributed by atoms with E-state index in [2.05, 4.69) is 0 Å². The van der Waals surface area contributed by atoms with E-state index in [0.717, 1.165) is 0 Å². The molecule has 1 aromatic carbocycles. The number of halogens is 1. The number of esters is 1. The lowest BCUT2D eigenvalue weighted by Crippen LogP contribution is -2.11. The molecule has 0 aliphatic heterocycles. The summed E-state index contributed by atoms with van der Waals surface area (Å²) in [4.78, 5) is 12.2. The highest BCUT2D eigenvalue weighted by atomic mass is 35.5. The molecule has 0 saturated carbocycles. The van der Waals surface area contributed by atoms with Gasteiger partial charge in [0, 0.05) is 5.02 Å². The highest BCUT2D eigenvalue weighted by Crippen LogP contribution is 2.57. The fourth-order valence-electron chi connectivity index (χ4n) is 1.73. The number of carbonyl (C=O) groups excluding carboxylic acids is 1. The van der Waals surface area contributed by atoms with Gasteiger partial charge in [-0.3, -0.25) is 4.57 Å².